The van der Waals surface area contributed by atoms with Crippen molar-refractivity contribution in [3.05, 3.63) is 64.9 Å². The zero-order valence-electron chi connectivity index (χ0n) is 14.4. The summed E-state index contributed by atoms with van der Waals surface area (Å²) < 4.78 is 24.9. The Labute approximate surface area is 149 Å². The second-order valence-electron chi connectivity index (χ2n) is 5.86. The number of para-hydroxylation sites is 2. The van der Waals surface area contributed by atoms with Crippen LogP contribution in [0.1, 0.15) is 6.42 Å². The molecule has 3 rings (SSSR count). The molecule has 0 spiro atoms. The molecule has 0 saturated carbocycles. The van der Waals surface area contributed by atoms with Crippen molar-refractivity contribution in [1.29, 1.82) is 0 Å². The van der Waals surface area contributed by atoms with E-state index in [2.05, 4.69) is 0 Å². The van der Waals surface area contributed by atoms with Gasteiger partial charge in [0.25, 0.3) is 0 Å². The predicted octanol–water partition coefficient (Wildman–Crippen LogP) is 2.66. The van der Waals surface area contributed by atoms with Crippen LogP contribution in [0.4, 0.5) is 4.39 Å². The zero-order chi connectivity index (χ0) is 18.5. The summed E-state index contributed by atoms with van der Waals surface area (Å²) in [5.74, 6) is -0.360. The van der Waals surface area contributed by atoms with Crippen molar-refractivity contribution < 1.29 is 18.3 Å². The molecule has 1 heterocycles. The third-order valence-corrected chi connectivity index (χ3v) is 4.06. The molecule has 7 heteroatoms. The zero-order valence-corrected chi connectivity index (χ0v) is 14.4. The molecule has 0 atom stereocenters. The second-order valence-corrected chi connectivity index (χ2v) is 5.86. The topological polar surface area (TPSA) is 64.7 Å². The highest BCUT2D eigenvalue weighted by Gasteiger charge is 2.13. The van der Waals surface area contributed by atoms with Crippen molar-refractivity contribution in [2.75, 3.05) is 20.2 Å². The summed E-state index contributed by atoms with van der Waals surface area (Å²) in [4.78, 5) is 25.7. The monoisotopic (exact) mass is 358 g/mol. The number of ether oxygens (including phenoxy) is 1. The predicted molar refractivity (Wildman–Crippen MR) is 94.6 cm³/mol. The molecule has 0 saturated heterocycles. The van der Waals surface area contributed by atoms with Gasteiger partial charge in [0.15, 0.2) is 5.58 Å². The van der Waals surface area contributed by atoms with E-state index in [9.17, 15) is 14.0 Å². The van der Waals surface area contributed by atoms with E-state index >= 15 is 0 Å². The molecule has 6 nitrogen and oxygen atoms in total. The lowest BCUT2D eigenvalue weighted by molar-refractivity contribution is -0.130. The molecule has 0 aliphatic heterocycles. The van der Waals surface area contributed by atoms with Gasteiger partial charge in [-0.15, -0.1) is 0 Å². The molecular formula is C19H19FN2O4. The molecule has 3 aromatic rings. The van der Waals surface area contributed by atoms with Crippen LogP contribution in [0.2, 0.25) is 0 Å². The number of rotatable bonds is 7. The average Bonchev–Trinajstić information content (AvgIpc) is 2.96. The maximum absolute atomic E-state index is 12.8. The number of aromatic nitrogens is 1. The summed E-state index contributed by atoms with van der Waals surface area (Å²) in [6.07, 6.45) is 0.177. The summed E-state index contributed by atoms with van der Waals surface area (Å²) in [7, 11) is 1.67. The molecule has 1 aromatic heterocycles. The van der Waals surface area contributed by atoms with Gasteiger partial charge in [-0.05, 0) is 36.4 Å². The highest BCUT2D eigenvalue weighted by Crippen LogP contribution is 2.13. The molecule has 0 unspecified atom stereocenters. The van der Waals surface area contributed by atoms with Crippen molar-refractivity contribution in [3.8, 4) is 5.75 Å². The first-order valence-electron chi connectivity index (χ1n) is 8.25. The van der Waals surface area contributed by atoms with E-state index in [1.165, 1.54) is 33.7 Å². The molecule has 0 N–H and O–H groups in total. The Hall–Kier alpha value is -3.09. The van der Waals surface area contributed by atoms with Crippen LogP contribution in [0, 0.1) is 5.82 Å². The van der Waals surface area contributed by atoms with Gasteiger partial charge in [-0.1, -0.05) is 12.1 Å². The number of carbonyl (C=O) groups is 1. The molecule has 0 aliphatic carbocycles. The summed E-state index contributed by atoms with van der Waals surface area (Å²) in [6.45, 7) is 0.928. The number of nitrogens with zero attached hydrogens (tertiary/aromatic N) is 2. The molecule has 136 valence electrons. The van der Waals surface area contributed by atoms with Crippen molar-refractivity contribution in [3.63, 3.8) is 0 Å². The summed E-state index contributed by atoms with van der Waals surface area (Å²) in [6, 6.07) is 12.8. The Balaban J connectivity index is 1.50. The molecule has 0 fully saturated rings. The summed E-state index contributed by atoms with van der Waals surface area (Å²) in [5, 5.41) is 0. The van der Waals surface area contributed by atoms with Crippen LogP contribution in [-0.2, 0) is 11.3 Å². The summed E-state index contributed by atoms with van der Waals surface area (Å²) >= 11 is 0. The quantitative estimate of drug-likeness (QED) is 0.651. The number of hydrogen-bond acceptors (Lipinski definition) is 4. The Morgan fingerprint density at radius 3 is 2.69 bits per heavy atom. The van der Waals surface area contributed by atoms with Crippen LogP contribution >= 0.6 is 0 Å². The summed E-state index contributed by atoms with van der Waals surface area (Å²) in [5.41, 5.74) is 1.18. The van der Waals surface area contributed by atoms with E-state index in [4.69, 9.17) is 9.15 Å². The lowest BCUT2D eigenvalue weighted by Gasteiger charge is -2.17. The maximum Gasteiger partial charge on any atom is 0.419 e. The van der Waals surface area contributed by atoms with Crippen LogP contribution in [0.5, 0.6) is 5.75 Å². The van der Waals surface area contributed by atoms with Gasteiger partial charge in [0.2, 0.25) is 5.91 Å². The SMILES string of the molecule is CN(CCOc1ccc(F)cc1)C(=O)CCn1c(=O)oc2ccccc21. The van der Waals surface area contributed by atoms with Gasteiger partial charge >= 0.3 is 5.76 Å². The Kier molecular flexibility index (Phi) is 5.36. The van der Waals surface area contributed by atoms with E-state index in [0.29, 0.717) is 30.0 Å². The lowest BCUT2D eigenvalue weighted by atomic mass is 10.3. The average molecular weight is 358 g/mol. The van der Waals surface area contributed by atoms with Gasteiger partial charge in [0, 0.05) is 20.0 Å². The minimum atomic E-state index is -0.471. The van der Waals surface area contributed by atoms with Crippen LogP contribution in [0.25, 0.3) is 11.1 Å². The number of benzene rings is 2. The van der Waals surface area contributed by atoms with Gasteiger partial charge in [-0.3, -0.25) is 9.36 Å². The van der Waals surface area contributed by atoms with Crippen molar-refractivity contribution in [1.82, 2.24) is 9.47 Å². The highest BCUT2D eigenvalue weighted by molar-refractivity contribution is 5.76. The lowest BCUT2D eigenvalue weighted by Crippen LogP contribution is -2.32. The molecule has 0 bridgehead atoms. The van der Waals surface area contributed by atoms with Crippen LogP contribution in [0.15, 0.2) is 57.7 Å². The fraction of sp³-hybridized carbons (Fsp3) is 0.263. The van der Waals surface area contributed by atoms with Gasteiger partial charge in [0.05, 0.1) is 12.1 Å². The van der Waals surface area contributed by atoms with Crippen molar-refractivity contribution >= 4 is 17.0 Å². The Morgan fingerprint density at radius 1 is 1.19 bits per heavy atom. The Bertz CT molecular complexity index is 946. The number of oxazole rings is 1. The molecule has 0 radical (unpaired) electrons. The first-order chi connectivity index (χ1) is 12.5. The largest absolute Gasteiger partial charge is 0.492 e. The standard InChI is InChI=1S/C19H19FN2O4/c1-21(12-13-25-15-8-6-14(20)7-9-15)18(23)10-11-22-16-4-2-3-5-17(16)26-19(22)24/h2-9H,10-13H2,1H3. The number of hydrogen-bond donors (Lipinski definition) is 0. The minimum absolute atomic E-state index is 0.107. The smallest absolute Gasteiger partial charge is 0.419 e. The van der Waals surface area contributed by atoms with Gasteiger partial charge in [-0.25, -0.2) is 9.18 Å². The number of aryl methyl sites for hydroxylation is 1. The van der Waals surface area contributed by atoms with Crippen LogP contribution in [0.3, 0.4) is 0 Å². The molecule has 0 aliphatic rings. The van der Waals surface area contributed by atoms with E-state index in [1.807, 2.05) is 6.07 Å². The molecular weight excluding hydrogens is 339 g/mol. The van der Waals surface area contributed by atoms with Crippen molar-refractivity contribution in [2.45, 2.75) is 13.0 Å². The van der Waals surface area contributed by atoms with E-state index in [0.717, 1.165) is 0 Å². The fourth-order valence-corrected chi connectivity index (χ4v) is 2.58. The van der Waals surface area contributed by atoms with E-state index < -0.39 is 5.76 Å². The first-order valence-corrected chi connectivity index (χ1v) is 8.25. The number of carbonyl (C=O) groups excluding carboxylic acids is 1. The van der Waals surface area contributed by atoms with Gasteiger partial charge < -0.3 is 14.1 Å². The Morgan fingerprint density at radius 2 is 1.92 bits per heavy atom. The van der Waals surface area contributed by atoms with E-state index in [-0.39, 0.29) is 24.7 Å². The molecule has 26 heavy (non-hydrogen) atoms. The number of amides is 1. The van der Waals surface area contributed by atoms with Crippen molar-refractivity contribution in [2.24, 2.45) is 0 Å². The normalized spacial score (nSPS) is 10.8. The maximum atomic E-state index is 12.8. The second kappa shape index (κ2) is 7.86. The first kappa shape index (κ1) is 17.7. The molecule has 1 amide bonds. The van der Waals surface area contributed by atoms with Crippen LogP contribution in [-0.4, -0.2) is 35.6 Å². The number of halogens is 1. The van der Waals surface area contributed by atoms with Gasteiger partial charge in [0.1, 0.15) is 18.2 Å². The minimum Gasteiger partial charge on any atom is -0.492 e. The third kappa shape index (κ3) is 4.11. The third-order valence-electron chi connectivity index (χ3n) is 4.06. The molecule has 2 aromatic carbocycles. The fourth-order valence-electron chi connectivity index (χ4n) is 2.58. The van der Waals surface area contributed by atoms with E-state index in [1.54, 1.807) is 25.2 Å². The number of likely N-dealkylation sites (N-methyl/N-ethyl adjacent to an activating group) is 1. The highest BCUT2D eigenvalue weighted by atomic mass is 19.1. The van der Waals surface area contributed by atoms with Gasteiger partial charge in [-0.2, -0.15) is 0 Å². The number of fused-ring (bicyclic) bond motifs is 1. The van der Waals surface area contributed by atoms with Crippen LogP contribution < -0.4 is 10.5 Å².